The molecule has 0 unspecified atom stereocenters. The maximum absolute atomic E-state index is 13.1. The molecule has 4 aromatic rings. The van der Waals surface area contributed by atoms with Gasteiger partial charge in [0.1, 0.15) is 29.8 Å². The number of nitrogens with one attached hydrogen (secondary N) is 1. The van der Waals surface area contributed by atoms with Gasteiger partial charge in [-0.2, -0.15) is 4.74 Å². The highest BCUT2D eigenvalue weighted by Gasteiger charge is 2.39. The zero-order chi connectivity index (χ0) is 25.8. The van der Waals surface area contributed by atoms with Crippen molar-refractivity contribution in [1.82, 2.24) is 28.9 Å². The van der Waals surface area contributed by atoms with Crippen molar-refractivity contribution in [1.29, 1.82) is 0 Å². The van der Waals surface area contributed by atoms with Crippen molar-refractivity contribution in [2.75, 3.05) is 7.05 Å². The standard InChI is InChI=1S/C21H14N6O8S/c1-25-20(31)12-3-2-11(6-16(12)36(25,33)34)19(30)26-9-23-15-8-22-14(7-13(15)21(26)32)18(29)24-10-27-17(28)4-5-35-27/h2-9H,10H2,1H3,(H,24,29). The smallest absolute Gasteiger partial charge is 0.284 e. The highest BCUT2D eigenvalue weighted by molar-refractivity contribution is 7.90. The number of pyridine rings is 1. The van der Waals surface area contributed by atoms with E-state index in [0.29, 0.717) is 8.87 Å². The van der Waals surface area contributed by atoms with Crippen molar-refractivity contribution < 1.29 is 27.3 Å². The van der Waals surface area contributed by atoms with E-state index in [4.69, 9.17) is 4.52 Å². The van der Waals surface area contributed by atoms with Gasteiger partial charge < -0.3 is 9.84 Å². The second kappa shape index (κ2) is 8.09. The molecule has 0 bridgehead atoms. The number of hydrogen-bond acceptors (Lipinski definition) is 10. The summed E-state index contributed by atoms with van der Waals surface area (Å²) in [6.07, 6.45) is 3.28. The van der Waals surface area contributed by atoms with Gasteiger partial charge in [-0.1, -0.05) is 0 Å². The molecule has 1 N–H and O–H groups in total. The van der Waals surface area contributed by atoms with Gasteiger partial charge in [-0.05, 0) is 24.3 Å². The van der Waals surface area contributed by atoms with E-state index < -0.39 is 38.9 Å². The summed E-state index contributed by atoms with van der Waals surface area (Å²) in [7, 11) is -3.01. The molecule has 4 heterocycles. The highest BCUT2D eigenvalue weighted by Crippen LogP contribution is 2.29. The molecule has 0 saturated carbocycles. The summed E-state index contributed by atoms with van der Waals surface area (Å²) in [4.78, 5) is 69.8. The summed E-state index contributed by atoms with van der Waals surface area (Å²) in [6.45, 7) is -0.279. The molecule has 0 spiro atoms. The van der Waals surface area contributed by atoms with Crippen molar-refractivity contribution in [2.45, 2.75) is 11.6 Å². The van der Waals surface area contributed by atoms with Crippen LogP contribution in [0.15, 0.2) is 68.1 Å². The van der Waals surface area contributed by atoms with Crippen LogP contribution in [-0.2, 0) is 16.7 Å². The summed E-state index contributed by atoms with van der Waals surface area (Å²) in [5.74, 6) is -2.35. The van der Waals surface area contributed by atoms with Crippen molar-refractivity contribution in [2.24, 2.45) is 0 Å². The number of fused-ring (bicyclic) bond motifs is 2. The lowest BCUT2D eigenvalue weighted by molar-refractivity contribution is 0.0888. The molecule has 1 aliphatic rings. The summed E-state index contributed by atoms with van der Waals surface area (Å²) in [6, 6.07) is 5.75. The van der Waals surface area contributed by atoms with Gasteiger partial charge in [-0.15, -0.1) is 0 Å². The maximum Gasteiger partial charge on any atom is 0.284 e. The van der Waals surface area contributed by atoms with Crippen molar-refractivity contribution >= 4 is 38.6 Å². The van der Waals surface area contributed by atoms with Gasteiger partial charge in [-0.25, -0.2) is 27.3 Å². The zero-order valence-corrected chi connectivity index (χ0v) is 19.1. The van der Waals surface area contributed by atoms with Crippen LogP contribution in [0.25, 0.3) is 10.9 Å². The second-order valence-corrected chi connectivity index (χ2v) is 9.53. The Kier molecular flexibility index (Phi) is 5.13. The van der Waals surface area contributed by atoms with Crippen LogP contribution in [0, 0.1) is 0 Å². The number of nitrogens with zero attached hydrogens (tertiary/aromatic N) is 5. The SMILES string of the molecule is CN1C(=O)c2ccc(C(=O)n3cnc4cnc(C(=O)NCn5occc5=O)cc4c3=O)cc2S1(=O)=O. The van der Waals surface area contributed by atoms with E-state index in [1.54, 1.807) is 0 Å². The van der Waals surface area contributed by atoms with E-state index >= 15 is 0 Å². The number of aromatic nitrogens is 4. The Morgan fingerprint density at radius 2 is 1.86 bits per heavy atom. The van der Waals surface area contributed by atoms with Gasteiger partial charge in [0, 0.05) is 18.7 Å². The molecule has 3 aromatic heterocycles. The van der Waals surface area contributed by atoms with Crippen LogP contribution in [0.1, 0.15) is 31.2 Å². The van der Waals surface area contributed by atoms with Gasteiger partial charge in [0.2, 0.25) is 0 Å². The van der Waals surface area contributed by atoms with E-state index in [9.17, 15) is 32.4 Å². The van der Waals surface area contributed by atoms with Gasteiger partial charge in [0.25, 0.3) is 38.9 Å². The molecule has 0 aliphatic carbocycles. The Balaban J connectivity index is 1.49. The van der Waals surface area contributed by atoms with E-state index in [-0.39, 0.29) is 39.3 Å². The first-order valence-corrected chi connectivity index (χ1v) is 11.6. The molecular formula is C21H14N6O8S. The average molecular weight is 510 g/mol. The number of carbonyl (C=O) groups is 3. The Morgan fingerprint density at radius 1 is 1.08 bits per heavy atom. The number of carbonyl (C=O) groups excluding carboxylic acids is 3. The minimum Gasteiger partial charge on any atom is -0.382 e. The number of sulfonamides is 1. The quantitative estimate of drug-likeness (QED) is 0.372. The molecule has 0 atom stereocenters. The summed E-state index contributed by atoms with van der Waals surface area (Å²) in [5, 5.41) is 2.30. The zero-order valence-electron chi connectivity index (χ0n) is 18.2. The Morgan fingerprint density at radius 3 is 2.58 bits per heavy atom. The van der Waals surface area contributed by atoms with Gasteiger partial charge in [-0.3, -0.25) is 24.0 Å². The number of rotatable bonds is 4. The minimum absolute atomic E-state index is 0.0865. The van der Waals surface area contributed by atoms with Gasteiger partial charge in [0.05, 0.1) is 22.7 Å². The van der Waals surface area contributed by atoms with Crippen LogP contribution >= 0.6 is 0 Å². The van der Waals surface area contributed by atoms with Crippen LogP contribution in [0.4, 0.5) is 0 Å². The first kappa shape index (κ1) is 22.9. The first-order valence-electron chi connectivity index (χ1n) is 10.1. The van der Waals surface area contributed by atoms with Crippen LogP contribution in [-0.4, -0.2) is 56.8 Å². The molecule has 15 heteroatoms. The van der Waals surface area contributed by atoms with Crippen molar-refractivity contribution in [3.8, 4) is 0 Å². The molecule has 2 amide bonds. The van der Waals surface area contributed by atoms with E-state index in [1.807, 2.05) is 0 Å². The largest absolute Gasteiger partial charge is 0.382 e. The van der Waals surface area contributed by atoms with Gasteiger partial charge in [0.15, 0.2) is 0 Å². The molecule has 1 aromatic carbocycles. The lowest BCUT2D eigenvalue weighted by Crippen LogP contribution is -2.31. The molecular weight excluding hydrogens is 496 g/mol. The third-order valence-electron chi connectivity index (χ3n) is 5.51. The highest BCUT2D eigenvalue weighted by atomic mass is 32.2. The number of amides is 2. The molecule has 0 fully saturated rings. The van der Waals surface area contributed by atoms with Crippen LogP contribution < -0.4 is 16.4 Å². The third kappa shape index (κ3) is 3.49. The van der Waals surface area contributed by atoms with Crippen molar-refractivity contribution in [3.05, 3.63) is 86.6 Å². The Labute approximate surface area is 200 Å². The Hall–Kier alpha value is -4.92. The van der Waals surface area contributed by atoms with Gasteiger partial charge >= 0.3 is 0 Å². The normalized spacial score (nSPS) is 14.1. The van der Waals surface area contributed by atoms with Crippen LogP contribution in [0.2, 0.25) is 0 Å². The first-order chi connectivity index (χ1) is 17.1. The average Bonchev–Trinajstić information content (AvgIpc) is 3.36. The predicted octanol–water partition coefficient (Wildman–Crippen LogP) is -0.603. The topological polar surface area (TPSA) is 184 Å². The lowest BCUT2D eigenvalue weighted by atomic mass is 10.1. The molecule has 1 aliphatic heterocycles. The van der Waals surface area contributed by atoms with Crippen LogP contribution in [0.5, 0.6) is 0 Å². The minimum atomic E-state index is -4.11. The summed E-state index contributed by atoms with van der Waals surface area (Å²) >= 11 is 0. The van der Waals surface area contributed by atoms with E-state index in [2.05, 4.69) is 15.3 Å². The fourth-order valence-corrected chi connectivity index (χ4v) is 4.87. The maximum atomic E-state index is 13.1. The molecule has 0 saturated heterocycles. The Bertz CT molecular complexity index is 1830. The van der Waals surface area contributed by atoms with E-state index in [1.165, 1.54) is 18.3 Å². The number of hydrogen-bond donors (Lipinski definition) is 1. The molecule has 5 rings (SSSR count). The molecule has 182 valence electrons. The lowest BCUT2D eigenvalue weighted by Gasteiger charge is -2.08. The molecule has 36 heavy (non-hydrogen) atoms. The second-order valence-electron chi connectivity index (χ2n) is 7.59. The predicted molar refractivity (Wildman–Crippen MR) is 120 cm³/mol. The third-order valence-corrected chi connectivity index (χ3v) is 7.29. The fourth-order valence-electron chi connectivity index (χ4n) is 3.55. The fraction of sp³-hybridized carbons (Fsp3) is 0.0952. The number of benzene rings is 1. The molecule has 0 radical (unpaired) electrons. The van der Waals surface area contributed by atoms with E-state index in [0.717, 1.165) is 42.6 Å². The van der Waals surface area contributed by atoms with Crippen LogP contribution in [0.3, 0.4) is 0 Å². The summed E-state index contributed by atoms with van der Waals surface area (Å²) < 4.78 is 31.9. The molecule has 14 nitrogen and oxygen atoms in total. The van der Waals surface area contributed by atoms with Crippen molar-refractivity contribution in [3.63, 3.8) is 0 Å². The summed E-state index contributed by atoms with van der Waals surface area (Å²) in [5.41, 5.74) is -1.64. The monoisotopic (exact) mass is 510 g/mol.